The first-order valence-corrected chi connectivity index (χ1v) is 9.68. The minimum atomic E-state index is -0.268. The summed E-state index contributed by atoms with van der Waals surface area (Å²) < 4.78 is 0.997. The van der Waals surface area contributed by atoms with Gasteiger partial charge >= 0.3 is 0 Å². The number of hydrogen-bond acceptors (Lipinski definition) is 3. The van der Waals surface area contributed by atoms with Crippen molar-refractivity contribution in [3.63, 3.8) is 0 Å². The van der Waals surface area contributed by atoms with Gasteiger partial charge in [-0.15, -0.1) is 0 Å². The Morgan fingerprint density at radius 3 is 2.69 bits per heavy atom. The molecule has 0 radical (unpaired) electrons. The third-order valence-corrected chi connectivity index (χ3v) is 5.20. The molecule has 2 N–H and O–H groups in total. The zero-order chi connectivity index (χ0) is 17.9. The fourth-order valence-electron chi connectivity index (χ4n) is 2.79. The Hall–Kier alpha value is -2.70. The van der Waals surface area contributed by atoms with Crippen LogP contribution in [0.15, 0.2) is 74.9 Å². The number of halogens is 1. The number of H-pyrrole nitrogens is 1. The van der Waals surface area contributed by atoms with Crippen molar-refractivity contribution in [2.45, 2.75) is 0 Å². The van der Waals surface area contributed by atoms with Gasteiger partial charge in [0.05, 0.1) is 6.21 Å². The van der Waals surface area contributed by atoms with E-state index in [9.17, 15) is 4.79 Å². The molecule has 2 aromatic heterocycles. The molecule has 26 heavy (non-hydrogen) atoms. The number of aromatic nitrogens is 1. The molecular weight excluding hydrogens is 410 g/mol. The van der Waals surface area contributed by atoms with Crippen molar-refractivity contribution in [1.29, 1.82) is 0 Å². The average Bonchev–Trinajstić information content (AvgIpc) is 3.30. The molecule has 0 saturated carbocycles. The first-order chi connectivity index (χ1) is 12.7. The topological polar surface area (TPSA) is 57.2 Å². The van der Waals surface area contributed by atoms with Gasteiger partial charge in [0.1, 0.15) is 5.69 Å². The summed E-state index contributed by atoms with van der Waals surface area (Å²) in [5.74, 6) is -0.268. The largest absolute Gasteiger partial charge is 0.350 e. The Balaban J connectivity index is 1.64. The second-order valence-corrected chi connectivity index (χ2v) is 7.38. The number of aromatic amines is 1. The standard InChI is InChI=1S/C20H14BrN3OS/c21-15-7-5-13(6-8-15)11-22-24-20(25)19-18(14-9-10-26-12-14)16-3-1-2-4-17(16)23-19/h1-12,23H,(H,24,25). The van der Waals surface area contributed by atoms with Gasteiger partial charge < -0.3 is 4.98 Å². The lowest BCUT2D eigenvalue weighted by Crippen LogP contribution is -2.18. The Morgan fingerprint density at radius 2 is 1.92 bits per heavy atom. The number of nitrogens with one attached hydrogen (secondary N) is 2. The number of amides is 1. The summed E-state index contributed by atoms with van der Waals surface area (Å²) >= 11 is 5.00. The number of hydrazone groups is 1. The highest BCUT2D eigenvalue weighted by Crippen LogP contribution is 2.33. The summed E-state index contributed by atoms with van der Waals surface area (Å²) in [6.07, 6.45) is 1.62. The predicted octanol–water partition coefficient (Wildman–Crippen LogP) is 5.42. The minimum Gasteiger partial charge on any atom is -0.350 e. The van der Waals surface area contributed by atoms with Crippen LogP contribution in [0.2, 0.25) is 0 Å². The van der Waals surface area contributed by atoms with Crippen LogP contribution in [0.1, 0.15) is 16.1 Å². The minimum absolute atomic E-state index is 0.268. The van der Waals surface area contributed by atoms with Crippen molar-refractivity contribution in [2.75, 3.05) is 0 Å². The SMILES string of the molecule is O=C(NN=Cc1ccc(Br)cc1)c1[nH]c2ccccc2c1-c1ccsc1. The summed E-state index contributed by atoms with van der Waals surface area (Å²) in [5, 5.41) is 9.15. The molecule has 0 aliphatic rings. The van der Waals surface area contributed by atoms with Crippen molar-refractivity contribution in [3.8, 4) is 11.1 Å². The van der Waals surface area contributed by atoms with Crippen LogP contribution < -0.4 is 5.43 Å². The molecular formula is C20H14BrN3OS. The van der Waals surface area contributed by atoms with Gasteiger partial charge in [0.15, 0.2) is 0 Å². The van der Waals surface area contributed by atoms with Gasteiger partial charge in [-0.3, -0.25) is 4.79 Å². The molecule has 2 heterocycles. The Morgan fingerprint density at radius 1 is 1.12 bits per heavy atom. The van der Waals surface area contributed by atoms with Gasteiger partial charge in [0.25, 0.3) is 5.91 Å². The maximum atomic E-state index is 12.7. The van der Waals surface area contributed by atoms with Crippen LogP contribution in [-0.4, -0.2) is 17.1 Å². The van der Waals surface area contributed by atoms with Crippen LogP contribution in [0.4, 0.5) is 0 Å². The molecule has 0 aliphatic carbocycles. The van der Waals surface area contributed by atoms with Crippen molar-refractivity contribution in [3.05, 3.63) is 81.1 Å². The predicted molar refractivity (Wildman–Crippen MR) is 111 cm³/mol. The lowest BCUT2D eigenvalue weighted by molar-refractivity contribution is 0.0951. The Bertz CT molecular complexity index is 1080. The lowest BCUT2D eigenvalue weighted by Gasteiger charge is -2.02. The van der Waals surface area contributed by atoms with Crippen LogP contribution in [0.25, 0.3) is 22.0 Å². The molecule has 1 amide bonds. The number of carbonyl (C=O) groups is 1. The highest BCUT2D eigenvalue weighted by Gasteiger charge is 2.18. The molecule has 0 bridgehead atoms. The molecule has 0 aliphatic heterocycles. The normalized spacial score (nSPS) is 11.3. The number of carbonyl (C=O) groups excluding carboxylic acids is 1. The van der Waals surface area contributed by atoms with Crippen molar-refractivity contribution in [1.82, 2.24) is 10.4 Å². The molecule has 0 saturated heterocycles. The smallest absolute Gasteiger partial charge is 0.288 e. The summed E-state index contributed by atoms with van der Waals surface area (Å²) in [6.45, 7) is 0. The molecule has 0 unspecified atom stereocenters. The van der Waals surface area contributed by atoms with E-state index in [1.165, 1.54) is 0 Å². The molecule has 6 heteroatoms. The molecule has 0 spiro atoms. The van der Waals surface area contributed by atoms with Gasteiger partial charge in [-0.05, 0) is 46.2 Å². The summed E-state index contributed by atoms with van der Waals surface area (Å²) in [6, 6.07) is 17.6. The second kappa shape index (κ2) is 7.27. The van der Waals surface area contributed by atoms with Crippen molar-refractivity contribution in [2.24, 2.45) is 5.10 Å². The fraction of sp³-hybridized carbons (Fsp3) is 0. The fourth-order valence-corrected chi connectivity index (χ4v) is 3.70. The van der Waals surface area contributed by atoms with Gasteiger partial charge in [-0.1, -0.05) is 46.3 Å². The van der Waals surface area contributed by atoms with Crippen LogP contribution >= 0.6 is 27.3 Å². The third kappa shape index (κ3) is 3.34. The first kappa shape index (κ1) is 16.8. The number of benzene rings is 2. The zero-order valence-corrected chi connectivity index (χ0v) is 16.0. The van der Waals surface area contributed by atoms with Gasteiger partial charge in [0, 0.05) is 20.9 Å². The molecule has 4 aromatic rings. The summed E-state index contributed by atoms with van der Waals surface area (Å²) in [4.78, 5) is 15.9. The van der Waals surface area contributed by atoms with Crippen LogP contribution in [0, 0.1) is 0 Å². The average molecular weight is 424 g/mol. The summed E-state index contributed by atoms with van der Waals surface area (Å²) in [5.41, 5.74) is 6.88. The van der Waals surface area contributed by atoms with E-state index in [4.69, 9.17) is 0 Å². The van der Waals surface area contributed by atoms with Gasteiger partial charge in [-0.25, -0.2) is 5.43 Å². The molecule has 128 valence electrons. The zero-order valence-electron chi connectivity index (χ0n) is 13.6. The van der Waals surface area contributed by atoms with Gasteiger partial charge in [0.2, 0.25) is 0 Å². The Labute approximate surface area is 162 Å². The van der Waals surface area contributed by atoms with Crippen LogP contribution in [0.5, 0.6) is 0 Å². The van der Waals surface area contributed by atoms with E-state index in [2.05, 4.69) is 31.4 Å². The number of hydrogen-bond donors (Lipinski definition) is 2. The Kier molecular flexibility index (Phi) is 4.69. The summed E-state index contributed by atoms with van der Waals surface area (Å²) in [7, 11) is 0. The van der Waals surface area contributed by atoms with E-state index in [1.807, 2.05) is 65.4 Å². The number of para-hydroxylation sites is 1. The highest BCUT2D eigenvalue weighted by atomic mass is 79.9. The van der Waals surface area contributed by atoms with E-state index in [0.29, 0.717) is 5.69 Å². The number of thiophene rings is 1. The molecule has 0 atom stereocenters. The lowest BCUT2D eigenvalue weighted by atomic mass is 10.0. The number of fused-ring (bicyclic) bond motifs is 1. The molecule has 2 aromatic carbocycles. The van der Waals surface area contributed by atoms with Crippen molar-refractivity contribution >= 4 is 50.3 Å². The number of rotatable bonds is 4. The van der Waals surface area contributed by atoms with Crippen LogP contribution in [0.3, 0.4) is 0 Å². The maximum absolute atomic E-state index is 12.7. The van der Waals surface area contributed by atoms with Gasteiger partial charge in [-0.2, -0.15) is 16.4 Å². The molecule has 0 fully saturated rings. The molecule has 4 nitrogen and oxygen atoms in total. The molecule has 4 rings (SSSR count). The highest BCUT2D eigenvalue weighted by molar-refractivity contribution is 9.10. The number of nitrogens with zero attached hydrogens (tertiary/aromatic N) is 1. The first-order valence-electron chi connectivity index (χ1n) is 7.94. The van der Waals surface area contributed by atoms with E-state index >= 15 is 0 Å². The third-order valence-electron chi connectivity index (χ3n) is 3.99. The monoisotopic (exact) mass is 423 g/mol. The maximum Gasteiger partial charge on any atom is 0.288 e. The van der Waals surface area contributed by atoms with E-state index in [-0.39, 0.29) is 5.91 Å². The van der Waals surface area contributed by atoms with Crippen LogP contribution in [-0.2, 0) is 0 Å². The second-order valence-electron chi connectivity index (χ2n) is 5.68. The quantitative estimate of drug-likeness (QED) is 0.334. The van der Waals surface area contributed by atoms with E-state index < -0.39 is 0 Å². The van der Waals surface area contributed by atoms with Crippen molar-refractivity contribution < 1.29 is 4.79 Å². The van der Waals surface area contributed by atoms with E-state index in [0.717, 1.165) is 32.1 Å². The van der Waals surface area contributed by atoms with E-state index in [1.54, 1.807) is 17.6 Å².